The predicted octanol–water partition coefficient (Wildman–Crippen LogP) is 5.59. The van der Waals surface area contributed by atoms with Gasteiger partial charge in [-0.2, -0.15) is 0 Å². The molecule has 0 spiro atoms. The maximum Gasteiger partial charge on any atom is 0.124 e. The highest BCUT2D eigenvalue weighted by molar-refractivity contribution is 9.10. The Balaban J connectivity index is 2.53. The van der Waals surface area contributed by atoms with E-state index in [-0.39, 0.29) is 11.9 Å². The number of hydrogen-bond donors (Lipinski definition) is 1. The number of rotatable bonds is 4. The Kier molecular flexibility index (Phi) is 5.44. The summed E-state index contributed by atoms with van der Waals surface area (Å²) in [6.07, 6.45) is 0. The third kappa shape index (κ3) is 3.53. The Hall–Kier alpha value is -0.610. The van der Waals surface area contributed by atoms with Crippen LogP contribution in [0.25, 0.3) is 0 Å². The van der Waals surface area contributed by atoms with Gasteiger partial charge in [0.25, 0.3) is 0 Å². The Morgan fingerprint density at radius 3 is 2.65 bits per heavy atom. The smallest absolute Gasteiger partial charge is 0.124 e. The van der Waals surface area contributed by atoms with Gasteiger partial charge >= 0.3 is 0 Å². The van der Waals surface area contributed by atoms with Gasteiger partial charge in [-0.15, -0.1) is 0 Å². The van der Waals surface area contributed by atoms with Gasteiger partial charge in [0, 0.05) is 4.47 Å². The highest BCUT2D eigenvalue weighted by Gasteiger charge is 2.18. The fraction of sp³-hybridized carbons (Fsp3) is 0.200. The van der Waals surface area contributed by atoms with E-state index in [4.69, 9.17) is 23.2 Å². The molecule has 0 aliphatic heterocycles. The number of benzene rings is 2. The van der Waals surface area contributed by atoms with Gasteiger partial charge in [-0.3, -0.25) is 0 Å². The van der Waals surface area contributed by atoms with Gasteiger partial charge in [0.15, 0.2) is 0 Å². The molecular formula is C15H13BrCl2FN. The first-order valence-corrected chi connectivity index (χ1v) is 7.71. The molecule has 1 unspecified atom stereocenters. The minimum Gasteiger partial charge on any atom is -0.306 e. The third-order valence-electron chi connectivity index (χ3n) is 2.92. The fourth-order valence-corrected chi connectivity index (χ4v) is 3.00. The van der Waals surface area contributed by atoms with Crippen LogP contribution in [-0.2, 0) is 0 Å². The molecule has 20 heavy (non-hydrogen) atoms. The van der Waals surface area contributed by atoms with Crippen LogP contribution in [0.15, 0.2) is 40.9 Å². The molecule has 1 atom stereocenters. The summed E-state index contributed by atoms with van der Waals surface area (Å²) in [7, 11) is 0. The van der Waals surface area contributed by atoms with Crippen molar-refractivity contribution in [1.29, 1.82) is 0 Å². The van der Waals surface area contributed by atoms with Crippen LogP contribution in [0.1, 0.15) is 24.1 Å². The van der Waals surface area contributed by atoms with Crippen LogP contribution >= 0.6 is 39.1 Å². The molecule has 1 N–H and O–H groups in total. The minimum atomic E-state index is -0.296. The zero-order valence-electron chi connectivity index (χ0n) is 10.8. The first kappa shape index (κ1) is 15.8. The maximum atomic E-state index is 13.6. The van der Waals surface area contributed by atoms with Crippen LogP contribution in [0, 0.1) is 5.82 Å². The molecule has 0 fully saturated rings. The Morgan fingerprint density at radius 2 is 2.00 bits per heavy atom. The topological polar surface area (TPSA) is 12.0 Å². The largest absolute Gasteiger partial charge is 0.306 e. The van der Waals surface area contributed by atoms with E-state index >= 15 is 0 Å². The fourth-order valence-electron chi connectivity index (χ4n) is 2.10. The third-order valence-corrected chi connectivity index (χ3v) is 4.21. The molecule has 2 aromatic carbocycles. The normalized spacial score (nSPS) is 12.4. The summed E-state index contributed by atoms with van der Waals surface area (Å²) in [4.78, 5) is 0. The van der Waals surface area contributed by atoms with Gasteiger partial charge in [0.05, 0.1) is 16.1 Å². The van der Waals surface area contributed by atoms with Gasteiger partial charge in [-0.05, 0) is 41.9 Å². The molecule has 0 aliphatic carbocycles. The first-order chi connectivity index (χ1) is 9.52. The van der Waals surface area contributed by atoms with E-state index in [0.29, 0.717) is 14.5 Å². The summed E-state index contributed by atoms with van der Waals surface area (Å²) >= 11 is 15.7. The average Bonchev–Trinajstić information content (AvgIpc) is 2.38. The average molecular weight is 377 g/mol. The maximum absolute atomic E-state index is 13.6. The van der Waals surface area contributed by atoms with Gasteiger partial charge in [0.1, 0.15) is 5.82 Å². The highest BCUT2D eigenvalue weighted by Crippen LogP contribution is 2.34. The van der Waals surface area contributed by atoms with Gasteiger partial charge in [0.2, 0.25) is 0 Å². The van der Waals surface area contributed by atoms with Crippen molar-refractivity contribution in [3.05, 3.63) is 67.9 Å². The Labute approximate surface area is 136 Å². The molecule has 0 aromatic heterocycles. The quantitative estimate of drug-likeness (QED) is 0.732. The van der Waals surface area contributed by atoms with Gasteiger partial charge in [-0.25, -0.2) is 4.39 Å². The van der Waals surface area contributed by atoms with Crippen molar-refractivity contribution in [2.24, 2.45) is 0 Å². The standard InChI is InChI=1S/C15H13BrCl2FN/c1-2-20-15(9-6-10(16)8-11(19)7-9)12-4-3-5-13(17)14(12)18/h3-8,15,20H,2H2,1H3. The monoisotopic (exact) mass is 375 g/mol. The number of halogens is 4. The summed E-state index contributed by atoms with van der Waals surface area (Å²) in [6, 6.07) is 10.0. The summed E-state index contributed by atoms with van der Waals surface area (Å²) in [5, 5.41) is 4.28. The van der Waals surface area contributed by atoms with E-state index in [0.717, 1.165) is 17.7 Å². The minimum absolute atomic E-state index is 0.210. The molecule has 0 amide bonds. The van der Waals surface area contributed by atoms with Crippen molar-refractivity contribution in [2.75, 3.05) is 6.54 Å². The van der Waals surface area contributed by atoms with E-state index in [1.165, 1.54) is 12.1 Å². The molecule has 106 valence electrons. The summed E-state index contributed by atoms with van der Waals surface area (Å²) in [6.45, 7) is 2.71. The second kappa shape index (κ2) is 6.90. The SMILES string of the molecule is CCNC(c1cc(F)cc(Br)c1)c1cccc(Cl)c1Cl. The molecule has 0 bridgehead atoms. The zero-order chi connectivity index (χ0) is 14.7. The molecule has 0 saturated carbocycles. The zero-order valence-corrected chi connectivity index (χ0v) is 13.9. The van der Waals surface area contributed by atoms with Gasteiger partial charge < -0.3 is 5.32 Å². The molecule has 0 saturated heterocycles. The van der Waals surface area contributed by atoms with E-state index in [1.54, 1.807) is 6.07 Å². The Morgan fingerprint density at radius 1 is 1.25 bits per heavy atom. The summed E-state index contributed by atoms with van der Waals surface area (Å²) in [5.41, 5.74) is 1.63. The van der Waals surface area contributed by atoms with E-state index in [1.807, 2.05) is 25.1 Å². The lowest BCUT2D eigenvalue weighted by Crippen LogP contribution is -2.22. The van der Waals surface area contributed by atoms with Gasteiger partial charge in [-0.1, -0.05) is 58.2 Å². The highest BCUT2D eigenvalue weighted by atomic mass is 79.9. The number of hydrogen-bond acceptors (Lipinski definition) is 1. The summed E-state index contributed by atoms with van der Waals surface area (Å²) in [5.74, 6) is -0.296. The van der Waals surface area contributed by atoms with Crippen molar-refractivity contribution >= 4 is 39.1 Å². The van der Waals surface area contributed by atoms with E-state index < -0.39 is 0 Å². The van der Waals surface area contributed by atoms with Crippen molar-refractivity contribution < 1.29 is 4.39 Å². The van der Waals surface area contributed by atoms with Crippen molar-refractivity contribution in [3.8, 4) is 0 Å². The predicted molar refractivity (Wildman–Crippen MR) is 86.1 cm³/mol. The second-order valence-electron chi connectivity index (χ2n) is 4.34. The van der Waals surface area contributed by atoms with Crippen LogP contribution < -0.4 is 5.32 Å². The second-order valence-corrected chi connectivity index (χ2v) is 6.04. The van der Waals surface area contributed by atoms with Crippen LogP contribution in [0.4, 0.5) is 4.39 Å². The van der Waals surface area contributed by atoms with Crippen LogP contribution in [0.5, 0.6) is 0 Å². The van der Waals surface area contributed by atoms with Crippen molar-refractivity contribution in [2.45, 2.75) is 13.0 Å². The molecule has 5 heteroatoms. The molecular weight excluding hydrogens is 364 g/mol. The first-order valence-electron chi connectivity index (χ1n) is 6.16. The van der Waals surface area contributed by atoms with Crippen LogP contribution in [-0.4, -0.2) is 6.54 Å². The van der Waals surface area contributed by atoms with Crippen LogP contribution in [0.2, 0.25) is 10.0 Å². The lowest BCUT2D eigenvalue weighted by molar-refractivity contribution is 0.602. The molecule has 0 aliphatic rings. The van der Waals surface area contributed by atoms with Crippen LogP contribution in [0.3, 0.4) is 0 Å². The van der Waals surface area contributed by atoms with E-state index in [9.17, 15) is 4.39 Å². The molecule has 1 nitrogen and oxygen atoms in total. The lowest BCUT2D eigenvalue weighted by atomic mass is 9.98. The van der Waals surface area contributed by atoms with Crippen molar-refractivity contribution in [1.82, 2.24) is 5.32 Å². The molecule has 0 radical (unpaired) electrons. The molecule has 2 aromatic rings. The summed E-state index contributed by atoms with van der Waals surface area (Å²) < 4.78 is 14.3. The molecule has 2 rings (SSSR count). The lowest BCUT2D eigenvalue weighted by Gasteiger charge is -2.21. The van der Waals surface area contributed by atoms with Crippen molar-refractivity contribution in [3.63, 3.8) is 0 Å². The van der Waals surface area contributed by atoms with E-state index in [2.05, 4.69) is 21.2 Å². The number of nitrogens with one attached hydrogen (secondary N) is 1. The Bertz CT molecular complexity index is 599. The molecule has 0 heterocycles.